The maximum atomic E-state index is 12.1. The molecule has 2 N–H and O–H groups in total. The van der Waals surface area contributed by atoms with E-state index >= 15 is 0 Å². The summed E-state index contributed by atoms with van der Waals surface area (Å²) < 4.78 is 0. The first kappa shape index (κ1) is 12.8. The molecule has 1 saturated heterocycles. The fourth-order valence-corrected chi connectivity index (χ4v) is 3.66. The maximum absolute atomic E-state index is 12.1. The SMILES string of the molecule is O=C(N[C@H]1CCCNC1)c1cnc(-c2ccsc2)s1. The van der Waals surface area contributed by atoms with Crippen molar-refractivity contribution in [2.45, 2.75) is 18.9 Å². The van der Waals surface area contributed by atoms with E-state index in [1.54, 1.807) is 17.5 Å². The molecule has 1 atom stereocenters. The number of carbonyl (C=O) groups is 1. The number of thiazole rings is 1. The van der Waals surface area contributed by atoms with Crippen LogP contribution in [-0.4, -0.2) is 30.0 Å². The Labute approximate surface area is 119 Å². The third-order valence-corrected chi connectivity index (χ3v) is 4.86. The van der Waals surface area contributed by atoms with E-state index in [1.165, 1.54) is 11.3 Å². The minimum Gasteiger partial charge on any atom is -0.347 e. The van der Waals surface area contributed by atoms with Crippen molar-refractivity contribution >= 4 is 28.6 Å². The third kappa shape index (κ3) is 3.02. The summed E-state index contributed by atoms with van der Waals surface area (Å²) in [4.78, 5) is 17.1. The van der Waals surface area contributed by atoms with Crippen molar-refractivity contribution in [3.63, 3.8) is 0 Å². The summed E-state index contributed by atoms with van der Waals surface area (Å²) in [7, 11) is 0. The van der Waals surface area contributed by atoms with E-state index in [1.807, 2.05) is 16.8 Å². The number of hydrogen-bond acceptors (Lipinski definition) is 5. The second kappa shape index (κ2) is 5.81. The highest BCUT2D eigenvalue weighted by Gasteiger charge is 2.18. The van der Waals surface area contributed by atoms with Gasteiger partial charge in [0.25, 0.3) is 5.91 Å². The van der Waals surface area contributed by atoms with E-state index in [2.05, 4.69) is 15.6 Å². The van der Waals surface area contributed by atoms with E-state index in [-0.39, 0.29) is 11.9 Å². The van der Waals surface area contributed by atoms with Crippen molar-refractivity contribution in [1.82, 2.24) is 15.6 Å². The fraction of sp³-hybridized carbons (Fsp3) is 0.385. The van der Waals surface area contributed by atoms with Crippen LogP contribution in [0.15, 0.2) is 23.0 Å². The summed E-state index contributed by atoms with van der Waals surface area (Å²) in [5, 5.41) is 11.3. The molecule has 19 heavy (non-hydrogen) atoms. The molecule has 0 aliphatic carbocycles. The van der Waals surface area contributed by atoms with Gasteiger partial charge in [-0.25, -0.2) is 4.98 Å². The van der Waals surface area contributed by atoms with Crippen LogP contribution < -0.4 is 10.6 Å². The number of hydrogen-bond donors (Lipinski definition) is 2. The highest BCUT2D eigenvalue weighted by atomic mass is 32.1. The Morgan fingerprint density at radius 2 is 2.47 bits per heavy atom. The van der Waals surface area contributed by atoms with Crippen molar-refractivity contribution in [3.8, 4) is 10.6 Å². The van der Waals surface area contributed by atoms with Crippen LogP contribution in [-0.2, 0) is 0 Å². The molecule has 0 aromatic carbocycles. The van der Waals surface area contributed by atoms with Crippen LogP contribution >= 0.6 is 22.7 Å². The quantitative estimate of drug-likeness (QED) is 0.913. The molecule has 1 aliphatic rings. The van der Waals surface area contributed by atoms with E-state index in [0.717, 1.165) is 36.5 Å². The molecule has 4 nitrogen and oxygen atoms in total. The zero-order valence-electron chi connectivity index (χ0n) is 10.4. The third-order valence-electron chi connectivity index (χ3n) is 3.13. The summed E-state index contributed by atoms with van der Waals surface area (Å²) in [5.74, 6) is -0.00678. The van der Waals surface area contributed by atoms with Gasteiger partial charge in [0.2, 0.25) is 0 Å². The fourth-order valence-electron chi connectivity index (χ4n) is 2.13. The standard InChI is InChI=1S/C13H15N3OS2/c17-12(16-10-2-1-4-14-6-10)11-7-15-13(19-11)9-3-5-18-8-9/h3,5,7-8,10,14H,1-2,4,6H2,(H,16,17)/t10-/m0/s1. The number of piperidine rings is 1. The van der Waals surface area contributed by atoms with Crippen LogP contribution in [0.25, 0.3) is 10.6 Å². The van der Waals surface area contributed by atoms with Gasteiger partial charge >= 0.3 is 0 Å². The first-order chi connectivity index (χ1) is 9.33. The molecule has 2 aromatic heterocycles. The van der Waals surface area contributed by atoms with E-state index in [0.29, 0.717) is 4.88 Å². The average molecular weight is 293 g/mol. The molecule has 1 fully saturated rings. The van der Waals surface area contributed by atoms with Crippen molar-refractivity contribution in [2.75, 3.05) is 13.1 Å². The van der Waals surface area contributed by atoms with Gasteiger partial charge in [-0.2, -0.15) is 11.3 Å². The molecule has 3 heterocycles. The highest BCUT2D eigenvalue weighted by Crippen LogP contribution is 2.26. The predicted molar refractivity (Wildman–Crippen MR) is 78.8 cm³/mol. The van der Waals surface area contributed by atoms with Gasteiger partial charge < -0.3 is 10.6 Å². The lowest BCUT2D eigenvalue weighted by molar-refractivity contribution is 0.0934. The van der Waals surface area contributed by atoms with E-state index in [9.17, 15) is 4.79 Å². The van der Waals surface area contributed by atoms with Crippen LogP contribution in [0.3, 0.4) is 0 Å². The lowest BCUT2D eigenvalue weighted by Gasteiger charge is -2.23. The first-order valence-electron chi connectivity index (χ1n) is 6.33. The average Bonchev–Trinajstić information content (AvgIpc) is 3.11. The predicted octanol–water partition coefficient (Wildman–Crippen LogP) is 2.35. The van der Waals surface area contributed by atoms with Crippen LogP contribution in [0.2, 0.25) is 0 Å². The normalized spacial score (nSPS) is 19.3. The van der Waals surface area contributed by atoms with Gasteiger partial charge in [0.05, 0.1) is 6.20 Å². The minimum atomic E-state index is -0.00678. The smallest absolute Gasteiger partial charge is 0.263 e. The zero-order chi connectivity index (χ0) is 13.1. The Kier molecular flexibility index (Phi) is 3.91. The number of carbonyl (C=O) groups excluding carboxylic acids is 1. The molecule has 100 valence electrons. The van der Waals surface area contributed by atoms with Crippen LogP contribution in [0.1, 0.15) is 22.5 Å². The second-order valence-corrected chi connectivity index (χ2v) is 6.37. The molecule has 0 saturated carbocycles. The van der Waals surface area contributed by atoms with Gasteiger partial charge in [-0.15, -0.1) is 11.3 Å². The van der Waals surface area contributed by atoms with Gasteiger partial charge in [0.15, 0.2) is 0 Å². The van der Waals surface area contributed by atoms with Gasteiger partial charge in [-0.05, 0) is 30.8 Å². The number of nitrogens with zero attached hydrogens (tertiary/aromatic N) is 1. The lowest BCUT2D eigenvalue weighted by Crippen LogP contribution is -2.45. The number of rotatable bonds is 3. The van der Waals surface area contributed by atoms with Crippen LogP contribution in [0.4, 0.5) is 0 Å². The molecule has 0 unspecified atom stereocenters. The minimum absolute atomic E-state index is 0.00678. The van der Waals surface area contributed by atoms with E-state index < -0.39 is 0 Å². The summed E-state index contributed by atoms with van der Waals surface area (Å²) in [6.07, 6.45) is 3.84. The summed E-state index contributed by atoms with van der Waals surface area (Å²) >= 11 is 3.09. The Morgan fingerprint density at radius 3 is 3.21 bits per heavy atom. The van der Waals surface area contributed by atoms with Crippen LogP contribution in [0, 0.1) is 0 Å². The molecule has 0 radical (unpaired) electrons. The maximum Gasteiger partial charge on any atom is 0.263 e. The van der Waals surface area contributed by atoms with Crippen molar-refractivity contribution < 1.29 is 4.79 Å². The summed E-state index contributed by atoms with van der Waals surface area (Å²) in [6.45, 7) is 1.91. The molecule has 6 heteroatoms. The van der Waals surface area contributed by atoms with Crippen molar-refractivity contribution in [2.24, 2.45) is 0 Å². The van der Waals surface area contributed by atoms with E-state index in [4.69, 9.17) is 0 Å². The monoisotopic (exact) mass is 293 g/mol. The largest absolute Gasteiger partial charge is 0.347 e. The van der Waals surface area contributed by atoms with Gasteiger partial charge in [0.1, 0.15) is 9.88 Å². The number of aromatic nitrogens is 1. The van der Waals surface area contributed by atoms with Gasteiger partial charge in [-0.1, -0.05) is 0 Å². The number of nitrogens with one attached hydrogen (secondary N) is 2. The zero-order valence-corrected chi connectivity index (χ0v) is 12.0. The van der Waals surface area contributed by atoms with Gasteiger partial charge in [-0.3, -0.25) is 4.79 Å². The summed E-state index contributed by atoms with van der Waals surface area (Å²) in [5.41, 5.74) is 1.09. The highest BCUT2D eigenvalue weighted by molar-refractivity contribution is 7.17. The van der Waals surface area contributed by atoms with Crippen LogP contribution in [0.5, 0.6) is 0 Å². The lowest BCUT2D eigenvalue weighted by atomic mass is 10.1. The number of amides is 1. The Hall–Kier alpha value is -1.24. The summed E-state index contributed by atoms with van der Waals surface area (Å²) in [6, 6.07) is 2.27. The Bertz CT molecular complexity index is 544. The molecular formula is C13H15N3OS2. The Balaban J connectivity index is 1.67. The number of thiophene rings is 1. The van der Waals surface area contributed by atoms with Gasteiger partial charge in [0, 0.05) is 23.5 Å². The molecule has 2 aromatic rings. The second-order valence-electron chi connectivity index (χ2n) is 4.56. The molecule has 0 spiro atoms. The first-order valence-corrected chi connectivity index (χ1v) is 8.09. The topological polar surface area (TPSA) is 54.0 Å². The molecule has 0 bridgehead atoms. The molecule has 1 aliphatic heterocycles. The molecule has 1 amide bonds. The molecule has 3 rings (SSSR count). The van der Waals surface area contributed by atoms with Crippen molar-refractivity contribution in [3.05, 3.63) is 27.9 Å². The van der Waals surface area contributed by atoms with Crippen molar-refractivity contribution in [1.29, 1.82) is 0 Å². The molecular weight excluding hydrogens is 278 g/mol. The Morgan fingerprint density at radius 1 is 1.53 bits per heavy atom.